The summed E-state index contributed by atoms with van der Waals surface area (Å²) < 4.78 is 38.9. The largest absolute Gasteiger partial charge is 0.449 e. The van der Waals surface area contributed by atoms with Gasteiger partial charge in [-0.15, -0.1) is 0 Å². The van der Waals surface area contributed by atoms with Crippen LogP contribution in [-0.4, -0.2) is 57.2 Å². The Morgan fingerprint density at radius 3 is 2.20 bits per heavy atom. The van der Waals surface area contributed by atoms with Gasteiger partial charge in [0.05, 0.1) is 13.2 Å². The average molecular weight is 504 g/mol. The van der Waals surface area contributed by atoms with Gasteiger partial charge in [0.1, 0.15) is 11.9 Å². The fraction of sp³-hybridized carbons (Fsp3) is 0.792. The summed E-state index contributed by atoms with van der Waals surface area (Å²) in [6, 6.07) is 1.14. The van der Waals surface area contributed by atoms with E-state index in [0.717, 1.165) is 31.5 Å². The van der Waals surface area contributed by atoms with Crippen molar-refractivity contribution in [1.82, 2.24) is 9.55 Å². The lowest BCUT2D eigenvalue weighted by Gasteiger charge is -2.21. The van der Waals surface area contributed by atoms with Crippen LogP contribution in [0.1, 0.15) is 90.2 Å². The molecule has 0 spiro atoms. The Labute approximate surface area is 204 Å². The van der Waals surface area contributed by atoms with Gasteiger partial charge in [-0.25, -0.2) is 9.59 Å². The van der Waals surface area contributed by atoms with Crippen LogP contribution in [0, 0.1) is 0 Å². The Kier molecular flexibility index (Phi) is 12.6. The van der Waals surface area contributed by atoms with E-state index >= 15 is 0 Å². The molecule has 1 aromatic rings. The molecule has 3 unspecified atom stereocenters. The van der Waals surface area contributed by atoms with Crippen LogP contribution in [0.2, 0.25) is 0 Å². The topological polar surface area (TPSA) is 123 Å². The fourth-order valence-electron chi connectivity index (χ4n) is 4.03. The lowest BCUT2D eigenvalue weighted by Crippen LogP contribution is -2.41. The molecule has 11 heteroatoms. The van der Waals surface area contributed by atoms with Gasteiger partial charge < -0.3 is 19.7 Å². The number of unbranched alkanes of at least 4 members (excludes halogenated alkanes) is 11. The van der Waals surface area contributed by atoms with Gasteiger partial charge in [0.15, 0.2) is 6.10 Å². The molecule has 2 heterocycles. The highest BCUT2D eigenvalue weighted by Gasteiger charge is 2.59. The summed E-state index contributed by atoms with van der Waals surface area (Å²) in [5, 5.41) is 20.9. The molecule has 0 radical (unpaired) electrons. The van der Waals surface area contributed by atoms with Gasteiger partial charge in [0.25, 0.3) is 0 Å². The molecule has 1 aromatic heterocycles. The van der Waals surface area contributed by atoms with Gasteiger partial charge in [0, 0.05) is 6.20 Å². The number of aliphatic hydroxyl groups excluding tert-OH is 2. The molecule has 1 aliphatic rings. The third-order valence-electron chi connectivity index (χ3n) is 6.10. The zero-order chi connectivity index (χ0) is 25.7. The van der Waals surface area contributed by atoms with E-state index in [-0.39, 0.29) is 12.4 Å². The van der Waals surface area contributed by atoms with Gasteiger partial charge in [-0.2, -0.15) is 13.8 Å². The van der Waals surface area contributed by atoms with Crippen LogP contribution in [0.4, 0.5) is 19.4 Å². The maximum Gasteiger partial charge on any atom is 0.412 e. The zero-order valence-corrected chi connectivity index (χ0v) is 20.5. The standard InChI is InChI=1S/C24H39F2N3O6/c1-2-3-4-5-6-7-8-9-10-11-12-13-16-34-23(33)28-19-14-15-29(22(32)27-19)21-24(25,26)20(31)18(17-30)35-21/h14-15,18,20-21,30-31H,2-13,16-17H2,1H3,(H,27,28,32,33). The van der Waals surface area contributed by atoms with E-state index in [2.05, 4.69) is 17.2 Å². The fourth-order valence-corrected chi connectivity index (χ4v) is 4.03. The number of hydrogen-bond donors (Lipinski definition) is 3. The van der Waals surface area contributed by atoms with E-state index < -0.39 is 42.7 Å². The summed E-state index contributed by atoms with van der Waals surface area (Å²) in [5.41, 5.74) is -1.11. The van der Waals surface area contributed by atoms with Crippen LogP contribution >= 0.6 is 0 Å². The Bertz CT molecular complexity index is 823. The Hall–Kier alpha value is -2.11. The molecule has 3 atom stereocenters. The second kappa shape index (κ2) is 15.1. The second-order valence-corrected chi connectivity index (χ2v) is 8.98. The van der Waals surface area contributed by atoms with Crippen molar-refractivity contribution in [2.75, 3.05) is 18.5 Å². The van der Waals surface area contributed by atoms with Crippen molar-refractivity contribution in [2.24, 2.45) is 0 Å². The van der Waals surface area contributed by atoms with E-state index in [1.807, 2.05) is 0 Å². The molecule has 1 amide bonds. The number of nitrogens with zero attached hydrogens (tertiary/aromatic N) is 2. The minimum Gasteiger partial charge on any atom is -0.449 e. The molecular formula is C24H39F2N3O6. The minimum atomic E-state index is -3.80. The molecule has 200 valence electrons. The van der Waals surface area contributed by atoms with Crippen molar-refractivity contribution in [3.63, 3.8) is 0 Å². The number of nitrogens with one attached hydrogen (secondary N) is 1. The molecule has 0 aliphatic carbocycles. The molecular weight excluding hydrogens is 464 g/mol. The summed E-state index contributed by atoms with van der Waals surface area (Å²) in [4.78, 5) is 27.6. The summed E-state index contributed by atoms with van der Waals surface area (Å²) in [5.74, 6) is -3.97. The Morgan fingerprint density at radius 1 is 1.11 bits per heavy atom. The molecule has 1 aliphatic heterocycles. The number of anilines is 1. The van der Waals surface area contributed by atoms with Crippen LogP contribution in [0.25, 0.3) is 0 Å². The van der Waals surface area contributed by atoms with Crippen molar-refractivity contribution in [2.45, 2.75) is 108 Å². The number of carbonyl (C=O) groups excluding carboxylic acids is 1. The van der Waals surface area contributed by atoms with Gasteiger partial charge in [0.2, 0.25) is 6.23 Å². The first kappa shape index (κ1) is 29.1. The maximum absolute atomic E-state index is 14.2. The molecule has 1 fully saturated rings. The molecule has 0 bridgehead atoms. The predicted octanol–water partition coefficient (Wildman–Crippen LogP) is 4.38. The monoisotopic (exact) mass is 503 g/mol. The quantitative estimate of drug-likeness (QED) is 0.286. The lowest BCUT2D eigenvalue weighted by atomic mass is 10.1. The third-order valence-corrected chi connectivity index (χ3v) is 6.10. The molecule has 0 aromatic carbocycles. The van der Waals surface area contributed by atoms with E-state index in [4.69, 9.17) is 14.6 Å². The zero-order valence-electron chi connectivity index (χ0n) is 20.5. The van der Waals surface area contributed by atoms with Crippen LogP contribution in [0.5, 0.6) is 0 Å². The number of halogens is 2. The summed E-state index contributed by atoms with van der Waals surface area (Å²) >= 11 is 0. The second-order valence-electron chi connectivity index (χ2n) is 8.98. The molecule has 0 saturated carbocycles. The Balaban J connectivity index is 1.62. The van der Waals surface area contributed by atoms with E-state index in [1.54, 1.807) is 0 Å². The van der Waals surface area contributed by atoms with Crippen molar-refractivity contribution in [3.05, 3.63) is 22.7 Å². The normalized spacial score (nSPS) is 21.2. The Morgan fingerprint density at radius 2 is 1.69 bits per heavy atom. The van der Waals surface area contributed by atoms with Crippen molar-refractivity contribution in [3.8, 4) is 0 Å². The summed E-state index contributed by atoms with van der Waals surface area (Å²) in [6.45, 7) is 1.61. The number of rotatable bonds is 16. The molecule has 35 heavy (non-hydrogen) atoms. The van der Waals surface area contributed by atoms with E-state index in [1.165, 1.54) is 57.8 Å². The van der Waals surface area contributed by atoms with Gasteiger partial charge >= 0.3 is 17.7 Å². The molecule has 2 rings (SSSR count). The highest BCUT2D eigenvalue weighted by atomic mass is 19.3. The van der Waals surface area contributed by atoms with Crippen LogP contribution in [0.15, 0.2) is 17.1 Å². The molecule has 3 N–H and O–H groups in total. The maximum atomic E-state index is 14.2. The number of aliphatic hydroxyl groups is 2. The first-order chi connectivity index (χ1) is 16.8. The highest BCUT2D eigenvalue weighted by Crippen LogP contribution is 2.41. The number of hydrogen-bond acceptors (Lipinski definition) is 7. The number of alkyl halides is 2. The minimum absolute atomic E-state index is 0.161. The van der Waals surface area contributed by atoms with Gasteiger partial charge in [-0.05, 0) is 12.5 Å². The van der Waals surface area contributed by atoms with Gasteiger partial charge in [-0.3, -0.25) is 9.88 Å². The van der Waals surface area contributed by atoms with E-state index in [0.29, 0.717) is 4.57 Å². The van der Waals surface area contributed by atoms with Crippen LogP contribution in [-0.2, 0) is 9.47 Å². The SMILES string of the molecule is CCCCCCCCCCCCCCOC(=O)Nc1ccn(C2OC(CO)C(O)C2(F)F)c(=O)n1. The number of ether oxygens (including phenoxy) is 2. The van der Waals surface area contributed by atoms with Crippen LogP contribution in [0.3, 0.4) is 0 Å². The smallest absolute Gasteiger partial charge is 0.412 e. The average Bonchev–Trinajstić information content (AvgIpc) is 3.05. The lowest BCUT2D eigenvalue weighted by molar-refractivity contribution is -0.140. The summed E-state index contributed by atoms with van der Waals surface area (Å²) in [6.07, 6.45) is 8.58. The first-order valence-electron chi connectivity index (χ1n) is 12.7. The van der Waals surface area contributed by atoms with E-state index in [9.17, 15) is 23.5 Å². The molecule has 1 saturated heterocycles. The number of aromatic nitrogens is 2. The van der Waals surface area contributed by atoms with Crippen molar-refractivity contribution < 1.29 is 33.3 Å². The van der Waals surface area contributed by atoms with Crippen molar-refractivity contribution in [1.29, 1.82) is 0 Å². The third kappa shape index (κ3) is 9.12. The number of carbonyl (C=O) groups is 1. The van der Waals surface area contributed by atoms with Crippen LogP contribution < -0.4 is 11.0 Å². The molecule has 9 nitrogen and oxygen atoms in total. The van der Waals surface area contributed by atoms with Gasteiger partial charge in [-0.1, -0.05) is 77.6 Å². The summed E-state index contributed by atoms with van der Waals surface area (Å²) in [7, 11) is 0. The highest BCUT2D eigenvalue weighted by molar-refractivity contribution is 5.83. The van der Waals surface area contributed by atoms with Crippen molar-refractivity contribution >= 4 is 11.9 Å². The number of amides is 1. The predicted molar refractivity (Wildman–Crippen MR) is 126 cm³/mol. The first-order valence-corrected chi connectivity index (χ1v) is 12.7.